The topological polar surface area (TPSA) is 58.6 Å². The van der Waals surface area contributed by atoms with Gasteiger partial charge in [-0.05, 0) is 18.8 Å². The van der Waals surface area contributed by atoms with Gasteiger partial charge in [0.15, 0.2) is 0 Å². The van der Waals surface area contributed by atoms with Crippen LogP contribution in [0.3, 0.4) is 0 Å². The summed E-state index contributed by atoms with van der Waals surface area (Å²) in [5, 5.41) is 2.86. The van der Waals surface area contributed by atoms with Gasteiger partial charge in [0.25, 0.3) is 0 Å². The van der Waals surface area contributed by atoms with E-state index < -0.39 is 0 Å². The molecule has 1 saturated heterocycles. The van der Waals surface area contributed by atoms with Crippen LogP contribution in [0, 0.1) is 5.92 Å². The molecule has 1 aliphatic heterocycles. The van der Waals surface area contributed by atoms with Gasteiger partial charge in [0.05, 0.1) is 6.61 Å². The molecule has 1 heterocycles. The fourth-order valence-corrected chi connectivity index (χ4v) is 2.60. The number of amides is 2. The second kappa shape index (κ2) is 8.25. The Balaban J connectivity index is 2.73. The Bertz CT molecular complexity index is 331. The van der Waals surface area contributed by atoms with Gasteiger partial charge in [0.1, 0.15) is 12.1 Å². The van der Waals surface area contributed by atoms with Gasteiger partial charge in [0.2, 0.25) is 11.8 Å². The van der Waals surface area contributed by atoms with Crippen LogP contribution in [0.25, 0.3) is 0 Å². The lowest BCUT2D eigenvalue weighted by Crippen LogP contribution is -2.65. The van der Waals surface area contributed by atoms with Gasteiger partial charge in [-0.3, -0.25) is 9.59 Å². The predicted molar refractivity (Wildman–Crippen MR) is 78.3 cm³/mol. The summed E-state index contributed by atoms with van der Waals surface area (Å²) < 4.78 is 5.47. The van der Waals surface area contributed by atoms with E-state index in [9.17, 15) is 9.59 Å². The molecule has 2 amide bonds. The normalized spacial score (nSPS) is 23.4. The van der Waals surface area contributed by atoms with E-state index in [1.807, 2.05) is 27.7 Å². The summed E-state index contributed by atoms with van der Waals surface area (Å²) >= 11 is 0. The monoisotopic (exact) mass is 284 g/mol. The molecule has 5 heteroatoms. The number of carbonyl (C=O) groups is 2. The molecule has 0 bridgehead atoms. The van der Waals surface area contributed by atoms with E-state index in [2.05, 4.69) is 5.32 Å². The maximum absolute atomic E-state index is 12.5. The van der Waals surface area contributed by atoms with Crippen LogP contribution < -0.4 is 5.32 Å². The van der Waals surface area contributed by atoms with E-state index >= 15 is 0 Å². The van der Waals surface area contributed by atoms with Crippen LogP contribution in [-0.4, -0.2) is 48.6 Å². The minimum Gasteiger partial charge on any atom is -0.380 e. The standard InChI is InChI=1S/C15H28N2O3/c1-5-7-12-15(19)17(8-10-20-9-6-2)13(11(3)4)14(18)16-12/h11-13H,5-10H2,1-4H3,(H,16,18). The highest BCUT2D eigenvalue weighted by Gasteiger charge is 2.41. The lowest BCUT2D eigenvalue weighted by Gasteiger charge is -2.40. The molecular weight excluding hydrogens is 256 g/mol. The van der Waals surface area contributed by atoms with Crippen LogP contribution in [0.5, 0.6) is 0 Å². The van der Waals surface area contributed by atoms with E-state index in [0.717, 1.165) is 12.8 Å². The minimum absolute atomic E-state index is 0.0326. The van der Waals surface area contributed by atoms with Gasteiger partial charge >= 0.3 is 0 Å². The van der Waals surface area contributed by atoms with Crippen LogP contribution in [0.1, 0.15) is 47.0 Å². The van der Waals surface area contributed by atoms with Gasteiger partial charge in [-0.15, -0.1) is 0 Å². The van der Waals surface area contributed by atoms with Crippen LogP contribution >= 0.6 is 0 Å². The third kappa shape index (κ3) is 4.20. The van der Waals surface area contributed by atoms with E-state index in [0.29, 0.717) is 26.2 Å². The SMILES string of the molecule is CCCOCCN1C(=O)C(CCC)NC(=O)C1C(C)C. The van der Waals surface area contributed by atoms with E-state index in [-0.39, 0.29) is 29.8 Å². The van der Waals surface area contributed by atoms with Crippen molar-refractivity contribution in [1.82, 2.24) is 10.2 Å². The number of piperazine rings is 1. The molecule has 0 spiro atoms. The second-order valence-corrected chi connectivity index (χ2v) is 5.68. The zero-order chi connectivity index (χ0) is 15.1. The van der Waals surface area contributed by atoms with Crippen molar-refractivity contribution in [2.45, 2.75) is 59.0 Å². The number of ether oxygens (including phenoxy) is 1. The van der Waals surface area contributed by atoms with E-state index in [1.54, 1.807) is 4.90 Å². The Kier molecular flexibility index (Phi) is 6.99. The molecule has 2 atom stereocenters. The molecule has 0 radical (unpaired) electrons. The molecule has 0 aliphatic carbocycles. The molecule has 1 rings (SSSR count). The first-order valence-electron chi connectivity index (χ1n) is 7.71. The second-order valence-electron chi connectivity index (χ2n) is 5.68. The molecule has 0 aromatic rings. The molecule has 2 unspecified atom stereocenters. The molecule has 20 heavy (non-hydrogen) atoms. The zero-order valence-corrected chi connectivity index (χ0v) is 13.1. The number of hydrogen-bond acceptors (Lipinski definition) is 3. The number of nitrogens with one attached hydrogen (secondary N) is 1. The number of carbonyl (C=O) groups excluding carboxylic acids is 2. The van der Waals surface area contributed by atoms with Gasteiger partial charge in [-0.2, -0.15) is 0 Å². The molecule has 0 saturated carbocycles. The number of hydrogen-bond donors (Lipinski definition) is 1. The highest BCUT2D eigenvalue weighted by Crippen LogP contribution is 2.19. The molecule has 5 nitrogen and oxygen atoms in total. The van der Waals surface area contributed by atoms with Crippen molar-refractivity contribution in [3.8, 4) is 0 Å². The maximum atomic E-state index is 12.5. The largest absolute Gasteiger partial charge is 0.380 e. The van der Waals surface area contributed by atoms with Gasteiger partial charge < -0.3 is 15.0 Å². The summed E-state index contributed by atoms with van der Waals surface area (Å²) in [6.07, 6.45) is 2.53. The fourth-order valence-electron chi connectivity index (χ4n) is 2.60. The predicted octanol–water partition coefficient (Wildman–Crippen LogP) is 1.56. The number of nitrogens with zero attached hydrogens (tertiary/aromatic N) is 1. The molecule has 1 fully saturated rings. The number of rotatable bonds is 8. The smallest absolute Gasteiger partial charge is 0.245 e. The summed E-state index contributed by atoms with van der Waals surface area (Å²) in [6, 6.07) is -0.741. The highest BCUT2D eigenvalue weighted by molar-refractivity contribution is 5.97. The maximum Gasteiger partial charge on any atom is 0.245 e. The fraction of sp³-hybridized carbons (Fsp3) is 0.867. The zero-order valence-electron chi connectivity index (χ0n) is 13.1. The van der Waals surface area contributed by atoms with Crippen molar-refractivity contribution in [1.29, 1.82) is 0 Å². The molecule has 0 aromatic carbocycles. The summed E-state index contributed by atoms with van der Waals surface area (Å²) in [5.74, 6) is 0.103. The Morgan fingerprint density at radius 3 is 2.45 bits per heavy atom. The molecule has 116 valence electrons. The summed E-state index contributed by atoms with van der Waals surface area (Å²) in [7, 11) is 0. The molecule has 0 aromatic heterocycles. The molecule has 1 aliphatic rings. The quantitative estimate of drug-likeness (QED) is 0.688. The molecule has 1 N–H and O–H groups in total. The first-order valence-corrected chi connectivity index (χ1v) is 7.71. The van der Waals surface area contributed by atoms with Crippen LogP contribution in [0.4, 0.5) is 0 Å². The van der Waals surface area contributed by atoms with Gasteiger partial charge in [0, 0.05) is 13.2 Å². The van der Waals surface area contributed by atoms with Crippen molar-refractivity contribution in [2.24, 2.45) is 5.92 Å². The Labute approximate surface area is 122 Å². The van der Waals surface area contributed by atoms with E-state index in [1.165, 1.54) is 0 Å². The average Bonchev–Trinajstić information content (AvgIpc) is 2.39. The summed E-state index contributed by atoms with van der Waals surface area (Å²) in [5.41, 5.74) is 0. The van der Waals surface area contributed by atoms with Gasteiger partial charge in [-0.25, -0.2) is 0 Å². The van der Waals surface area contributed by atoms with Crippen molar-refractivity contribution in [3.05, 3.63) is 0 Å². The van der Waals surface area contributed by atoms with Crippen molar-refractivity contribution in [2.75, 3.05) is 19.8 Å². The Morgan fingerprint density at radius 1 is 1.20 bits per heavy atom. The lowest BCUT2D eigenvalue weighted by atomic mass is 9.95. The van der Waals surface area contributed by atoms with Crippen LogP contribution in [0.15, 0.2) is 0 Å². The van der Waals surface area contributed by atoms with Gasteiger partial charge in [-0.1, -0.05) is 34.1 Å². The molecular formula is C15H28N2O3. The third-order valence-electron chi connectivity index (χ3n) is 3.54. The minimum atomic E-state index is -0.374. The third-order valence-corrected chi connectivity index (χ3v) is 3.54. The Morgan fingerprint density at radius 2 is 1.90 bits per heavy atom. The first-order chi connectivity index (χ1) is 9.52. The van der Waals surface area contributed by atoms with Crippen LogP contribution in [0.2, 0.25) is 0 Å². The van der Waals surface area contributed by atoms with Crippen molar-refractivity contribution in [3.63, 3.8) is 0 Å². The van der Waals surface area contributed by atoms with Crippen molar-refractivity contribution < 1.29 is 14.3 Å². The van der Waals surface area contributed by atoms with E-state index in [4.69, 9.17) is 4.74 Å². The highest BCUT2D eigenvalue weighted by atomic mass is 16.5. The van der Waals surface area contributed by atoms with Crippen molar-refractivity contribution >= 4 is 11.8 Å². The summed E-state index contributed by atoms with van der Waals surface area (Å²) in [6.45, 7) is 9.69. The first kappa shape index (κ1) is 17.0. The summed E-state index contributed by atoms with van der Waals surface area (Å²) in [4.78, 5) is 26.4. The van der Waals surface area contributed by atoms with Crippen LogP contribution in [-0.2, 0) is 14.3 Å². The lowest BCUT2D eigenvalue weighted by molar-refractivity contribution is -0.152. The Hall–Kier alpha value is -1.10. The average molecular weight is 284 g/mol.